The summed E-state index contributed by atoms with van der Waals surface area (Å²) in [5, 5.41) is 5.33. The number of thiophene rings is 2. The standard InChI is InChI=1S/C20H24N2O4S2/c1-4-26-20(25)17-12(2)18(13(3)23)28-19(17)21-16(24)11-22-9-5-7-14(22)15-8-6-10-27-15/h6,8,10,14H,4-5,7,9,11H2,1-3H3,(H,21,24)/p+1/t14-/m1/s1. The molecule has 8 heteroatoms. The fraction of sp³-hybridized carbons (Fsp3) is 0.450. The highest BCUT2D eigenvalue weighted by Gasteiger charge is 2.33. The van der Waals surface area contributed by atoms with E-state index in [2.05, 4.69) is 16.8 Å². The van der Waals surface area contributed by atoms with Crippen LogP contribution in [0.5, 0.6) is 0 Å². The molecule has 3 rings (SSSR count). The van der Waals surface area contributed by atoms with E-state index in [1.165, 1.54) is 16.7 Å². The molecule has 3 heterocycles. The average Bonchev–Trinajstić information content (AvgIpc) is 3.35. The van der Waals surface area contributed by atoms with Crippen molar-refractivity contribution >= 4 is 45.3 Å². The Kier molecular flexibility index (Phi) is 6.64. The van der Waals surface area contributed by atoms with Gasteiger partial charge in [-0.05, 0) is 37.8 Å². The van der Waals surface area contributed by atoms with Crippen molar-refractivity contribution in [3.05, 3.63) is 38.4 Å². The van der Waals surface area contributed by atoms with Crippen LogP contribution in [0.1, 0.15) is 63.2 Å². The molecule has 1 unspecified atom stereocenters. The largest absolute Gasteiger partial charge is 0.462 e. The van der Waals surface area contributed by atoms with Crippen molar-refractivity contribution in [1.82, 2.24) is 0 Å². The summed E-state index contributed by atoms with van der Waals surface area (Å²) in [5.41, 5.74) is 0.855. The third-order valence-electron chi connectivity index (χ3n) is 4.96. The Balaban J connectivity index is 1.77. The highest BCUT2D eigenvalue weighted by atomic mass is 32.1. The van der Waals surface area contributed by atoms with Gasteiger partial charge in [0.15, 0.2) is 12.3 Å². The first kappa shape index (κ1) is 20.7. The van der Waals surface area contributed by atoms with Crippen LogP contribution in [-0.4, -0.2) is 37.4 Å². The molecule has 150 valence electrons. The van der Waals surface area contributed by atoms with Crippen molar-refractivity contribution in [3.8, 4) is 0 Å². The van der Waals surface area contributed by atoms with Crippen LogP contribution in [-0.2, 0) is 9.53 Å². The minimum Gasteiger partial charge on any atom is -0.462 e. The zero-order chi connectivity index (χ0) is 20.3. The third-order valence-corrected chi connectivity index (χ3v) is 7.25. The maximum atomic E-state index is 12.7. The van der Waals surface area contributed by atoms with Gasteiger partial charge in [0, 0.05) is 12.8 Å². The van der Waals surface area contributed by atoms with Gasteiger partial charge in [-0.1, -0.05) is 6.07 Å². The van der Waals surface area contributed by atoms with Crippen molar-refractivity contribution < 1.29 is 24.0 Å². The molecule has 28 heavy (non-hydrogen) atoms. The van der Waals surface area contributed by atoms with E-state index in [9.17, 15) is 14.4 Å². The van der Waals surface area contributed by atoms with Crippen molar-refractivity contribution in [1.29, 1.82) is 0 Å². The molecule has 1 aliphatic rings. The minimum absolute atomic E-state index is 0.128. The summed E-state index contributed by atoms with van der Waals surface area (Å²) in [7, 11) is 0. The number of anilines is 1. The second-order valence-corrected chi connectivity index (χ2v) is 8.88. The maximum Gasteiger partial charge on any atom is 0.341 e. The van der Waals surface area contributed by atoms with Gasteiger partial charge in [0.1, 0.15) is 11.0 Å². The number of rotatable bonds is 7. The van der Waals surface area contributed by atoms with Crippen LogP contribution >= 0.6 is 22.7 Å². The lowest BCUT2D eigenvalue weighted by molar-refractivity contribution is -0.910. The van der Waals surface area contributed by atoms with Crippen molar-refractivity contribution in [2.75, 3.05) is 25.0 Å². The molecule has 2 N–H and O–H groups in total. The molecular weight excluding hydrogens is 396 g/mol. The van der Waals surface area contributed by atoms with Gasteiger partial charge in [0.25, 0.3) is 5.91 Å². The Bertz CT molecular complexity index is 873. The van der Waals surface area contributed by atoms with Crippen molar-refractivity contribution in [2.45, 2.75) is 39.7 Å². The number of ketones is 1. The van der Waals surface area contributed by atoms with Gasteiger partial charge in [-0.25, -0.2) is 4.79 Å². The zero-order valence-electron chi connectivity index (χ0n) is 16.3. The lowest BCUT2D eigenvalue weighted by atomic mass is 10.1. The fourth-order valence-electron chi connectivity index (χ4n) is 3.72. The molecule has 0 aromatic carbocycles. The van der Waals surface area contributed by atoms with Crippen LogP contribution in [0.3, 0.4) is 0 Å². The Morgan fingerprint density at radius 2 is 2.14 bits per heavy atom. The summed E-state index contributed by atoms with van der Waals surface area (Å²) in [5.74, 6) is -0.791. The predicted molar refractivity (Wildman–Crippen MR) is 111 cm³/mol. The first-order valence-electron chi connectivity index (χ1n) is 9.41. The molecule has 1 aliphatic heterocycles. The summed E-state index contributed by atoms with van der Waals surface area (Å²) in [4.78, 5) is 40.0. The van der Waals surface area contributed by atoms with E-state index in [0.29, 0.717) is 28.0 Å². The number of amides is 1. The molecule has 0 saturated carbocycles. The van der Waals surface area contributed by atoms with Crippen LogP contribution < -0.4 is 10.2 Å². The van der Waals surface area contributed by atoms with E-state index >= 15 is 0 Å². The van der Waals surface area contributed by atoms with E-state index in [1.54, 1.807) is 25.2 Å². The van der Waals surface area contributed by atoms with Gasteiger partial charge in [-0.15, -0.1) is 22.7 Å². The van der Waals surface area contributed by atoms with Gasteiger partial charge < -0.3 is 15.0 Å². The maximum absolute atomic E-state index is 12.7. The monoisotopic (exact) mass is 421 g/mol. The number of carbonyl (C=O) groups excluding carboxylic acids is 3. The zero-order valence-corrected chi connectivity index (χ0v) is 17.9. The second-order valence-electron chi connectivity index (χ2n) is 6.88. The van der Waals surface area contributed by atoms with E-state index in [4.69, 9.17) is 4.74 Å². The number of esters is 1. The molecule has 6 nitrogen and oxygen atoms in total. The number of carbonyl (C=O) groups is 3. The normalized spacial score (nSPS) is 18.8. The fourth-order valence-corrected chi connectivity index (χ4v) is 5.75. The Morgan fingerprint density at radius 3 is 2.79 bits per heavy atom. The van der Waals surface area contributed by atoms with Crippen LogP contribution in [0.2, 0.25) is 0 Å². The lowest BCUT2D eigenvalue weighted by Crippen LogP contribution is -3.11. The topological polar surface area (TPSA) is 76.9 Å². The molecular formula is C20H25N2O4S2+. The van der Waals surface area contributed by atoms with E-state index in [0.717, 1.165) is 30.7 Å². The van der Waals surface area contributed by atoms with E-state index in [-0.39, 0.29) is 23.9 Å². The molecule has 2 aromatic rings. The molecule has 0 radical (unpaired) electrons. The first-order chi connectivity index (χ1) is 13.4. The van der Waals surface area contributed by atoms with Crippen molar-refractivity contribution in [3.63, 3.8) is 0 Å². The third kappa shape index (κ3) is 4.34. The number of hydrogen-bond donors (Lipinski definition) is 2. The van der Waals surface area contributed by atoms with Gasteiger partial charge in [0.2, 0.25) is 0 Å². The smallest absolute Gasteiger partial charge is 0.341 e. The Hall–Kier alpha value is -2.03. The molecule has 0 spiro atoms. The molecule has 1 saturated heterocycles. The average molecular weight is 422 g/mol. The highest BCUT2D eigenvalue weighted by molar-refractivity contribution is 7.18. The number of quaternary nitrogens is 1. The van der Waals surface area contributed by atoms with Gasteiger partial charge in [-0.3, -0.25) is 9.59 Å². The number of Topliss-reactive ketones (excluding diaryl/α,β-unsaturated/α-hetero) is 1. The number of nitrogens with one attached hydrogen (secondary N) is 2. The predicted octanol–water partition coefficient (Wildman–Crippen LogP) is 2.86. The Morgan fingerprint density at radius 1 is 1.36 bits per heavy atom. The lowest BCUT2D eigenvalue weighted by Gasteiger charge is -2.20. The van der Waals surface area contributed by atoms with Crippen LogP contribution in [0, 0.1) is 6.92 Å². The molecule has 1 fully saturated rings. The van der Waals surface area contributed by atoms with Gasteiger partial charge >= 0.3 is 5.97 Å². The Labute approximate surface area is 172 Å². The second kappa shape index (κ2) is 8.98. The molecule has 2 atom stereocenters. The molecule has 2 aromatic heterocycles. The number of hydrogen-bond acceptors (Lipinski definition) is 6. The summed E-state index contributed by atoms with van der Waals surface area (Å²) in [6, 6.07) is 4.51. The SMILES string of the molecule is CCOC(=O)c1c(NC(=O)C[NH+]2CCC[C@@H]2c2cccs2)sc(C(C)=O)c1C. The minimum atomic E-state index is -0.510. The summed E-state index contributed by atoms with van der Waals surface area (Å²) in [6.07, 6.45) is 2.16. The van der Waals surface area contributed by atoms with Crippen LogP contribution in [0.25, 0.3) is 0 Å². The number of likely N-dealkylation sites (tertiary alicyclic amines) is 1. The first-order valence-corrected chi connectivity index (χ1v) is 11.1. The van der Waals surface area contributed by atoms with E-state index < -0.39 is 5.97 Å². The van der Waals surface area contributed by atoms with Crippen molar-refractivity contribution in [2.24, 2.45) is 0 Å². The molecule has 0 bridgehead atoms. The van der Waals surface area contributed by atoms with Gasteiger partial charge in [0.05, 0.1) is 28.5 Å². The summed E-state index contributed by atoms with van der Waals surface area (Å²) in [6.45, 7) is 6.41. The number of ether oxygens (including phenoxy) is 1. The van der Waals surface area contributed by atoms with Crippen LogP contribution in [0.4, 0.5) is 5.00 Å². The molecule has 0 aliphatic carbocycles. The van der Waals surface area contributed by atoms with E-state index in [1.807, 2.05) is 6.07 Å². The van der Waals surface area contributed by atoms with Gasteiger partial charge in [-0.2, -0.15) is 0 Å². The molecule has 1 amide bonds. The highest BCUT2D eigenvalue weighted by Crippen LogP contribution is 2.34. The summed E-state index contributed by atoms with van der Waals surface area (Å²) >= 11 is 2.87. The summed E-state index contributed by atoms with van der Waals surface area (Å²) < 4.78 is 5.12. The van der Waals surface area contributed by atoms with Crippen LogP contribution in [0.15, 0.2) is 17.5 Å². The quantitative estimate of drug-likeness (QED) is 0.532.